The molecular weight excluding hydrogens is 460 g/mol. The first kappa shape index (κ1) is 27.9. The molecule has 1 aromatic rings. The Morgan fingerprint density at radius 2 is 1.86 bits per heavy atom. The van der Waals surface area contributed by atoms with Crippen LogP contribution in [0.2, 0.25) is 0 Å². The molecule has 2 aliphatic rings. The molecule has 6 atom stereocenters. The molecule has 3 rings (SSSR count). The third-order valence-electron chi connectivity index (χ3n) is 9.04. The summed E-state index contributed by atoms with van der Waals surface area (Å²) in [6, 6.07) is 6.65. The van der Waals surface area contributed by atoms with Gasteiger partial charge in [-0.2, -0.15) is 8.42 Å². The number of esters is 1. The number of rotatable bonds is 11. The van der Waals surface area contributed by atoms with E-state index in [4.69, 9.17) is 8.92 Å². The average molecular weight is 505 g/mol. The number of hydrogen-bond donors (Lipinski definition) is 0. The van der Waals surface area contributed by atoms with Crippen LogP contribution in [0.15, 0.2) is 41.3 Å². The van der Waals surface area contributed by atoms with Crippen molar-refractivity contribution in [2.75, 3.05) is 13.7 Å². The lowest BCUT2D eigenvalue weighted by Crippen LogP contribution is -2.38. The SMILES string of the molecule is C=C(CC(CCC(C)C1CCC2C(C)CCCC21C)COS(=O)(=O)c1ccc(C)cc1)C(=O)OC. The molecule has 0 saturated heterocycles. The monoisotopic (exact) mass is 504 g/mol. The molecular formula is C29H44O5S. The topological polar surface area (TPSA) is 69.7 Å². The van der Waals surface area contributed by atoms with Crippen molar-refractivity contribution >= 4 is 16.1 Å². The number of hydrogen-bond acceptors (Lipinski definition) is 5. The van der Waals surface area contributed by atoms with Crippen molar-refractivity contribution in [3.63, 3.8) is 0 Å². The number of fused-ring (bicyclic) bond motifs is 1. The van der Waals surface area contributed by atoms with Crippen molar-refractivity contribution in [3.05, 3.63) is 42.0 Å². The Bertz CT molecular complexity index is 983. The fourth-order valence-electron chi connectivity index (χ4n) is 7.02. The Morgan fingerprint density at radius 1 is 1.17 bits per heavy atom. The fraction of sp³-hybridized carbons (Fsp3) is 0.690. The van der Waals surface area contributed by atoms with Gasteiger partial charge in [-0.25, -0.2) is 4.79 Å². The summed E-state index contributed by atoms with van der Waals surface area (Å²) in [7, 11) is -2.53. The molecule has 0 amide bonds. The van der Waals surface area contributed by atoms with Crippen molar-refractivity contribution in [1.29, 1.82) is 0 Å². The van der Waals surface area contributed by atoms with Crippen LogP contribution in [-0.4, -0.2) is 28.1 Å². The van der Waals surface area contributed by atoms with Crippen molar-refractivity contribution in [2.24, 2.45) is 35.0 Å². The molecule has 1 aromatic carbocycles. The molecule has 0 aromatic heterocycles. The van der Waals surface area contributed by atoms with Crippen LogP contribution in [0.25, 0.3) is 0 Å². The lowest BCUT2D eigenvalue weighted by atomic mass is 9.59. The molecule has 35 heavy (non-hydrogen) atoms. The molecule has 0 bridgehead atoms. The summed E-state index contributed by atoms with van der Waals surface area (Å²) in [5, 5.41) is 0. The maximum absolute atomic E-state index is 12.8. The van der Waals surface area contributed by atoms with E-state index in [1.807, 2.05) is 6.92 Å². The Balaban J connectivity index is 1.66. The zero-order valence-corrected chi connectivity index (χ0v) is 23.0. The van der Waals surface area contributed by atoms with E-state index >= 15 is 0 Å². The molecule has 5 nitrogen and oxygen atoms in total. The summed E-state index contributed by atoms with van der Waals surface area (Å²) in [4.78, 5) is 12.1. The second-order valence-corrected chi connectivity index (χ2v) is 13.1. The molecule has 6 heteroatoms. The van der Waals surface area contributed by atoms with E-state index in [1.165, 1.54) is 39.2 Å². The number of aryl methyl sites for hydroxylation is 1. The highest BCUT2D eigenvalue weighted by atomic mass is 32.2. The minimum Gasteiger partial charge on any atom is -0.466 e. The van der Waals surface area contributed by atoms with Crippen LogP contribution in [0.3, 0.4) is 0 Å². The fourth-order valence-corrected chi connectivity index (χ4v) is 8.00. The number of carbonyl (C=O) groups excluding carboxylic acids is 1. The van der Waals surface area contributed by atoms with Gasteiger partial charge in [-0.1, -0.05) is 64.3 Å². The van der Waals surface area contributed by atoms with Gasteiger partial charge < -0.3 is 4.74 Å². The summed E-state index contributed by atoms with van der Waals surface area (Å²) in [6.45, 7) is 13.1. The highest BCUT2D eigenvalue weighted by molar-refractivity contribution is 7.86. The van der Waals surface area contributed by atoms with Gasteiger partial charge in [0.05, 0.1) is 18.6 Å². The number of benzene rings is 1. The van der Waals surface area contributed by atoms with Gasteiger partial charge in [-0.05, 0) is 86.2 Å². The van der Waals surface area contributed by atoms with Gasteiger partial charge in [0.15, 0.2) is 0 Å². The van der Waals surface area contributed by atoms with Crippen molar-refractivity contribution in [3.8, 4) is 0 Å². The number of methoxy groups -OCH3 is 1. The molecule has 0 radical (unpaired) electrons. The molecule has 2 aliphatic carbocycles. The maximum Gasteiger partial charge on any atom is 0.333 e. The van der Waals surface area contributed by atoms with E-state index < -0.39 is 16.1 Å². The van der Waals surface area contributed by atoms with Crippen molar-refractivity contribution < 1.29 is 22.1 Å². The van der Waals surface area contributed by atoms with Crippen LogP contribution in [0, 0.1) is 41.9 Å². The normalized spacial score (nSPS) is 28.2. The molecule has 196 valence electrons. The molecule has 0 spiro atoms. The number of ether oxygens (including phenoxy) is 1. The third kappa shape index (κ3) is 6.56. The quantitative estimate of drug-likeness (QED) is 0.190. The molecule has 0 N–H and O–H groups in total. The van der Waals surface area contributed by atoms with Gasteiger partial charge in [-0.3, -0.25) is 4.18 Å². The van der Waals surface area contributed by atoms with Crippen molar-refractivity contribution in [2.45, 2.75) is 84.0 Å². The van der Waals surface area contributed by atoms with Crippen LogP contribution in [-0.2, 0) is 23.8 Å². The van der Waals surface area contributed by atoms with E-state index in [1.54, 1.807) is 24.3 Å². The molecule has 0 aliphatic heterocycles. The highest BCUT2D eigenvalue weighted by Crippen LogP contribution is 2.59. The minimum atomic E-state index is -3.87. The Morgan fingerprint density at radius 3 is 2.51 bits per heavy atom. The smallest absolute Gasteiger partial charge is 0.333 e. The molecule has 0 heterocycles. The van der Waals surface area contributed by atoms with Crippen LogP contribution in [0.1, 0.15) is 77.7 Å². The third-order valence-corrected chi connectivity index (χ3v) is 10.3. The maximum atomic E-state index is 12.8. The van der Waals surface area contributed by atoms with Gasteiger partial charge in [0, 0.05) is 5.57 Å². The predicted molar refractivity (Wildman–Crippen MR) is 139 cm³/mol. The van der Waals surface area contributed by atoms with Crippen LogP contribution < -0.4 is 0 Å². The molecule has 2 fully saturated rings. The van der Waals surface area contributed by atoms with E-state index in [2.05, 4.69) is 27.4 Å². The summed E-state index contributed by atoms with van der Waals surface area (Å²) >= 11 is 0. The summed E-state index contributed by atoms with van der Waals surface area (Å²) in [6.07, 6.45) is 8.73. The van der Waals surface area contributed by atoms with Gasteiger partial charge in [0.1, 0.15) is 0 Å². The Labute approximate surface area is 212 Å². The lowest BCUT2D eigenvalue weighted by Gasteiger charge is -2.46. The van der Waals surface area contributed by atoms with Crippen LogP contribution in [0.4, 0.5) is 0 Å². The Hall–Kier alpha value is -1.66. The van der Waals surface area contributed by atoms with Crippen LogP contribution >= 0.6 is 0 Å². The van der Waals surface area contributed by atoms with E-state index in [-0.39, 0.29) is 17.4 Å². The van der Waals surface area contributed by atoms with Crippen LogP contribution in [0.5, 0.6) is 0 Å². The van der Waals surface area contributed by atoms with E-state index in [0.29, 0.717) is 29.2 Å². The van der Waals surface area contributed by atoms with E-state index in [0.717, 1.165) is 30.2 Å². The first-order valence-electron chi connectivity index (χ1n) is 13.2. The molecule has 2 saturated carbocycles. The second kappa shape index (κ2) is 11.6. The standard InChI is InChI=1S/C29H44O5S/c1-20-9-13-25(14-10-20)35(31,32)34-19-24(18-23(4)28(30)33-6)12-11-22(3)27-16-15-26-21(2)8-7-17-29(26,27)5/h9-10,13-14,21-22,24,26-27H,4,7-8,11-12,15-19H2,1-3,5-6H3. The lowest BCUT2D eigenvalue weighted by molar-refractivity contribution is -0.136. The Kier molecular flexibility index (Phi) is 9.25. The summed E-state index contributed by atoms with van der Waals surface area (Å²) in [5.41, 5.74) is 1.75. The summed E-state index contributed by atoms with van der Waals surface area (Å²) < 4.78 is 35.8. The predicted octanol–water partition coefficient (Wildman–Crippen LogP) is 6.70. The number of carbonyl (C=O) groups is 1. The minimum absolute atomic E-state index is 0.0283. The highest BCUT2D eigenvalue weighted by Gasteiger charge is 2.51. The molecule has 6 unspecified atom stereocenters. The van der Waals surface area contributed by atoms with Gasteiger partial charge >= 0.3 is 5.97 Å². The van der Waals surface area contributed by atoms with Gasteiger partial charge in [0.25, 0.3) is 10.1 Å². The van der Waals surface area contributed by atoms with Gasteiger partial charge in [0.2, 0.25) is 0 Å². The van der Waals surface area contributed by atoms with Crippen molar-refractivity contribution in [1.82, 2.24) is 0 Å². The van der Waals surface area contributed by atoms with E-state index in [9.17, 15) is 13.2 Å². The van der Waals surface area contributed by atoms with Gasteiger partial charge in [-0.15, -0.1) is 0 Å². The largest absolute Gasteiger partial charge is 0.466 e. The second-order valence-electron chi connectivity index (χ2n) is 11.4. The first-order chi connectivity index (χ1) is 16.5. The zero-order chi connectivity index (χ0) is 25.8. The first-order valence-corrected chi connectivity index (χ1v) is 14.6. The zero-order valence-electron chi connectivity index (χ0n) is 22.2. The summed E-state index contributed by atoms with van der Waals surface area (Å²) in [5.74, 6) is 2.28. The average Bonchev–Trinajstić information content (AvgIpc) is 3.18.